The molecule has 26 heavy (non-hydrogen) atoms. The van der Waals surface area contributed by atoms with Gasteiger partial charge in [-0.1, -0.05) is 30.3 Å². The summed E-state index contributed by atoms with van der Waals surface area (Å²) in [5.41, 5.74) is 0.796. The molecule has 1 atom stereocenters. The van der Waals surface area contributed by atoms with Gasteiger partial charge >= 0.3 is 0 Å². The number of piperidine rings is 1. The highest BCUT2D eigenvalue weighted by atomic mass is 32.2. The molecule has 2 heterocycles. The van der Waals surface area contributed by atoms with Gasteiger partial charge < -0.3 is 15.4 Å². The van der Waals surface area contributed by atoms with Crippen LogP contribution in [-0.4, -0.2) is 63.6 Å². The van der Waals surface area contributed by atoms with E-state index in [4.69, 9.17) is 4.74 Å². The molecular formula is C18H27N3O4S. The van der Waals surface area contributed by atoms with Crippen molar-refractivity contribution in [2.24, 2.45) is 0 Å². The molecule has 144 valence electrons. The van der Waals surface area contributed by atoms with Gasteiger partial charge in [0.25, 0.3) is 0 Å². The summed E-state index contributed by atoms with van der Waals surface area (Å²) >= 11 is 0. The van der Waals surface area contributed by atoms with E-state index in [0.29, 0.717) is 45.6 Å². The maximum absolute atomic E-state index is 12.6. The van der Waals surface area contributed by atoms with Crippen molar-refractivity contribution in [3.63, 3.8) is 0 Å². The van der Waals surface area contributed by atoms with Crippen molar-refractivity contribution in [3.05, 3.63) is 35.9 Å². The summed E-state index contributed by atoms with van der Waals surface area (Å²) in [7, 11) is -3.32. The number of rotatable bonds is 6. The SMILES string of the molecule is O=C(CC1COCCN1)NC1CCN(S(=O)(=O)Cc2ccccc2)CC1. The molecule has 1 aromatic carbocycles. The normalized spacial score (nSPS) is 22.8. The lowest BCUT2D eigenvalue weighted by molar-refractivity contribution is -0.123. The Balaban J connectivity index is 1.44. The van der Waals surface area contributed by atoms with Gasteiger partial charge in [0, 0.05) is 38.1 Å². The van der Waals surface area contributed by atoms with Gasteiger partial charge in [-0.25, -0.2) is 12.7 Å². The molecule has 1 unspecified atom stereocenters. The summed E-state index contributed by atoms with van der Waals surface area (Å²) in [6, 6.07) is 9.32. The first-order valence-electron chi connectivity index (χ1n) is 9.15. The van der Waals surface area contributed by atoms with Crippen LogP contribution in [-0.2, 0) is 25.3 Å². The first kappa shape index (κ1) is 19.3. The maximum atomic E-state index is 12.6. The van der Waals surface area contributed by atoms with Crippen molar-refractivity contribution < 1.29 is 17.9 Å². The topological polar surface area (TPSA) is 87.7 Å². The third kappa shape index (κ3) is 5.51. The van der Waals surface area contributed by atoms with E-state index < -0.39 is 10.0 Å². The number of amides is 1. The number of hydrogen-bond acceptors (Lipinski definition) is 5. The molecule has 2 saturated heterocycles. The number of sulfonamides is 1. The Morgan fingerprint density at radius 3 is 2.62 bits per heavy atom. The van der Waals surface area contributed by atoms with Gasteiger partial charge in [-0.3, -0.25) is 4.79 Å². The Kier molecular flexibility index (Phi) is 6.63. The number of morpholine rings is 1. The summed E-state index contributed by atoms with van der Waals surface area (Å²) in [5.74, 6) is 0.0247. The largest absolute Gasteiger partial charge is 0.378 e. The molecule has 0 radical (unpaired) electrons. The number of ether oxygens (including phenoxy) is 1. The predicted molar refractivity (Wildman–Crippen MR) is 99.0 cm³/mol. The Hall–Kier alpha value is -1.48. The van der Waals surface area contributed by atoms with E-state index in [1.807, 2.05) is 30.3 Å². The van der Waals surface area contributed by atoms with E-state index in [1.165, 1.54) is 0 Å². The highest BCUT2D eigenvalue weighted by molar-refractivity contribution is 7.88. The summed E-state index contributed by atoms with van der Waals surface area (Å²) < 4.78 is 32.0. The fourth-order valence-electron chi connectivity index (χ4n) is 3.42. The molecule has 0 spiro atoms. The standard InChI is InChI=1S/C18H27N3O4S/c22-18(12-17-13-25-11-8-19-17)20-16-6-9-21(10-7-16)26(23,24)14-15-4-2-1-3-5-15/h1-5,16-17,19H,6-14H2,(H,20,22). The number of nitrogens with zero attached hydrogens (tertiary/aromatic N) is 1. The first-order valence-corrected chi connectivity index (χ1v) is 10.8. The van der Waals surface area contributed by atoms with Crippen LogP contribution in [0.1, 0.15) is 24.8 Å². The zero-order valence-electron chi connectivity index (χ0n) is 14.9. The van der Waals surface area contributed by atoms with Crippen LogP contribution >= 0.6 is 0 Å². The number of hydrogen-bond donors (Lipinski definition) is 2. The highest BCUT2D eigenvalue weighted by Crippen LogP contribution is 2.18. The van der Waals surface area contributed by atoms with E-state index in [-0.39, 0.29) is 23.7 Å². The molecule has 0 aromatic heterocycles. The monoisotopic (exact) mass is 381 g/mol. The van der Waals surface area contributed by atoms with E-state index in [1.54, 1.807) is 4.31 Å². The van der Waals surface area contributed by atoms with Crippen LogP contribution in [0.3, 0.4) is 0 Å². The fraction of sp³-hybridized carbons (Fsp3) is 0.611. The molecule has 7 nitrogen and oxygen atoms in total. The van der Waals surface area contributed by atoms with Crippen LogP contribution in [0, 0.1) is 0 Å². The van der Waals surface area contributed by atoms with Gasteiger partial charge in [0.2, 0.25) is 15.9 Å². The lowest BCUT2D eigenvalue weighted by atomic mass is 10.1. The van der Waals surface area contributed by atoms with E-state index in [9.17, 15) is 13.2 Å². The van der Waals surface area contributed by atoms with E-state index >= 15 is 0 Å². The Bertz CT molecular complexity index is 682. The molecule has 1 aromatic rings. The first-order chi connectivity index (χ1) is 12.5. The quantitative estimate of drug-likeness (QED) is 0.748. The second kappa shape index (κ2) is 8.94. The average molecular weight is 381 g/mol. The van der Waals surface area contributed by atoms with Crippen LogP contribution in [0.25, 0.3) is 0 Å². The van der Waals surface area contributed by atoms with Crippen LogP contribution in [0.2, 0.25) is 0 Å². The van der Waals surface area contributed by atoms with Crippen LogP contribution < -0.4 is 10.6 Å². The molecular weight excluding hydrogens is 354 g/mol. The smallest absolute Gasteiger partial charge is 0.221 e. The third-order valence-corrected chi connectivity index (χ3v) is 6.68. The fourth-order valence-corrected chi connectivity index (χ4v) is 4.98. The number of carbonyl (C=O) groups is 1. The van der Waals surface area contributed by atoms with Crippen molar-refractivity contribution in [1.29, 1.82) is 0 Å². The molecule has 0 aliphatic carbocycles. The Labute approximate surface area is 155 Å². The van der Waals surface area contributed by atoms with Crippen molar-refractivity contribution in [1.82, 2.24) is 14.9 Å². The number of nitrogens with one attached hydrogen (secondary N) is 2. The Morgan fingerprint density at radius 2 is 1.96 bits per heavy atom. The van der Waals surface area contributed by atoms with E-state index in [2.05, 4.69) is 10.6 Å². The van der Waals surface area contributed by atoms with Crippen LogP contribution in [0.4, 0.5) is 0 Å². The average Bonchev–Trinajstić information content (AvgIpc) is 2.63. The van der Waals surface area contributed by atoms with Crippen molar-refractivity contribution in [3.8, 4) is 0 Å². The minimum atomic E-state index is -3.32. The molecule has 3 rings (SSSR count). The molecule has 0 bridgehead atoms. The Morgan fingerprint density at radius 1 is 1.23 bits per heavy atom. The van der Waals surface area contributed by atoms with Gasteiger partial charge in [-0.05, 0) is 18.4 Å². The van der Waals surface area contributed by atoms with E-state index in [0.717, 1.165) is 12.1 Å². The predicted octanol–water partition coefficient (Wildman–Crippen LogP) is 0.476. The van der Waals surface area contributed by atoms with Gasteiger partial charge in [-0.2, -0.15) is 0 Å². The molecule has 2 aliphatic heterocycles. The second-order valence-corrected chi connectivity index (χ2v) is 8.88. The summed E-state index contributed by atoms with van der Waals surface area (Å²) in [6.07, 6.45) is 1.69. The zero-order valence-corrected chi connectivity index (χ0v) is 15.7. The summed E-state index contributed by atoms with van der Waals surface area (Å²) in [5, 5.41) is 6.30. The van der Waals surface area contributed by atoms with Crippen LogP contribution in [0.15, 0.2) is 30.3 Å². The molecule has 1 amide bonds. The lowest BCUT2D eigenvalue weighted by Crippen LogP contribution is -2.49. The maximum Gasteiger partial charge on any atom is 0.221 e. The van der Waals surface area contributed by atoms with Gasteiger partial charge in [-0.15, -0.1) is 0 Å². The minimum Gasteiger partial charge on any atom is -0.378 e. The zero-order chi connectivity index (χ0) is 18.4. The molecule has 8 heteroatoms. The second-order valence-electron chi connectivity index (χ2n) is 6.91. The van der Waals surface area contributed by atoms with Gasteiger partial charge in [0.1, 0.15) is 0 Å². The minimum absolute atomic E-state index is 0.00130. The molecule has 2 aliphatic rings. The highest BCUT2D eigenvalue weighted by Gasteiger charge is 2.29. The molecule has 0 saturated carbocycles. The van der Waals surface area contributed by atoms with Crippen molar-refractivity contribution >= 4 is 15.9 Å². The third-order valence-electron chi connectivity index (χ3n) is 4.83. The number of benzene rings is 1. The van der Waals surface area contributed by atoms with Crippen LogP contribution in [0.5, 0.6) is 0 Å². The van der Waals surface area contributed by atoms with Crippen molar-refractivity contribution in [2.75, 3.05) is 32.8 Å². The lowest BCUT2D eigenvalue weighted by Gasteiger charge is -2.32. The van der Waals surface area contributed by atoms with Crippen molar-refractivity contribution in [2.45, 2.75) is 37.1 Å². The summed E-state index contributed by atoms with van der Waals surface area (Å²) in [4.78, 5) is 12.2. The number of carbonyl (C=O) groups excluding carboxylic acids is 1. The summed E-state index contributed by atoms with van der Waals surface area (Å²) in [6.45, 7) is 2.92. The van der Waals surface area contributed by atoms with Gasteiger partial charge in [0.05, 0.1) is 19.0 Å². The molecule has 2 N–H and O–H groups in total. The van der Waals surface area contributed by atoms with Gasteiger partial charge in [0.15, 0.2) is 0 Å². The molecule has 2 fully saturated rings.